The lowest BCUT2D eigenvalue weighted by Gasteiger charge is -2.10. The highest BCUT2D eigenvalue weighted by molar-refractivity contribution is 6.30. The van der Waals surface area contributed by atoms with Crippen LogP contribution in [-0.2, 0) is 6.42 Å². The number of aryl methyl sites for hydroxylation is 2. The molecular weight excluding hydrogens is 344 g/mol. The molecule has 0 bridgehead atoms. The fourth-order valence-corrected chi connectivity index (χ4v) is 3.27. The summed E-state index contributed by atoms with van der Waals surface area (Å²) in [5, 5.41) is 0.638. The van der Waals surface area contributed by atoms with Crippen LogP contribution in [0.15, 0.2) is 53.5 Å². The van der Waals surface area contributed by atoms with Gasteiger partial charge in [-0.25, -0.2) is 0 Å². The molecule has 26 heavy (non-hydrogen) atoms. The van der Waals surface area contributed by atoms with Gasteiger partial charge in [-0.15, -0.1) is 0 Å². The lowest BCUT2D eigenvalue weighted by molar-refractivity contribution is 0.416. The Kier molecular flexibility index (Phi) is 5.48. The summed E-state index contributed by atoms with van der Waals surface area (Å²) in [5.41, 5.74) is 6.62. The molecule has 3 aromatic rings. The highest BCUT2D eigenvalue weighted by Gasteiger charge is 2.10. The molecule has 0 unspecified atom stereocenters. The van der Waals surface area contributed by atoms with Crippen molar-refractivity contribution in [3.8, 4) is 11.4 Å². The number of ether oxygens (including phenoxy) is 1. The Labute approximate surface area is 159 Å². The molecule has 0 radical (unpaired) electrons. The van der Waals surface area contributed by atoms with Crippen molar-refractivity contribution in [1.29, 1.82) is 0 Å². The minimum Gasteiger partial charge on any atom is -0.494 e. The summed E-state index contributed by atoms with van der Waals surface area (Å²) in [5.74, 6) is 0.703. The van der Waals surface area contributed by atoms with Crippen LogP contribution in [0.1, 0.15) is 29.4 Å². The third kappa shape index (κ3) is 3.68. The molecule has 3 nitrogen and oxygen atoms in total. The smallest absolute Gasteiger partial charge is 0.144 e. The van der Waals surface area contributed by atoms with Crippen molar-refractivity contribution >= 4 is 23.5 Å². The normalized spacial score (nSPS) is 11.3. The topological polar surface area (TPSA) is 26.5 Å². The van der Waals surface area contributed by atoms with Crippen molar-refractivity contribution in [3.63, 3.8) is 0 Å². The molecule has 0 saturated carbocycles. The minimum atomic E-state index is 0.638. The second kappa shape index (κ2) is 7.79. The van der Waals surface area contributed by atoms with Gasteiger partial charge in [0.25, 0.3) is 0 Å². The number of hydrogen-bond donors (Lipinski definition) is 0. The molecule has 0 saturated heterocycles. The molecule has 3 rings (SSSR count). The van der Waals surface area contributed by atoms with Crippen LogP contribution in [0.5, 0.6) is 5.75 Å². The number of aromatic nitrogens is 1. The van der Waals surface area contributed by atoms with E-state index in [1.54, 1.807) is 19.2 Å². The Hall–Kier alpha value is -2.52. The second-order valence-electron chi connectivity index (χ2n) is 6.26. The molecule has 0 amide bonds. The van der Waals surface area contributed by atoms with Gasteiger partial charge in [0.2, 0.25) is 0 Å². The molecule has 0 atom stereocenters. The summed E-state index contributed by atoms with van der Waals surface area (Å²) in [7, 11) is 1.63. The number of methoxy groups -OCH3 is 1. The molecular formula is C22H23ClN2O. The number of benzene rings is 2. The van der Waals surface area contributed by atoms with Gasteiger partial charge in [-0.3, -0.25) is 4.99 Å². The van der Waals surface area contributed by atoms with Gasteiger partial charge < -0.3 is 9.30 Å². The van der Waals surface area contributed by atoms with Crippen molar-refractivity contribution in [3.05, 3.63) is 76.1 Å². The number of hydrogen-bond acceptors (Lipinski definition) is 2. The molecule has 0 aliphatic heterocycles. The van der Waals surface area contributed by atoms with E-state index in [2.05, 4.69) is 60.7 Å². The van der Waals surface area contributed by atoms with Gasteiger partial charge in [0.15, 0.2) is 0 Å². The molecule has 134 valence electrons. The SMILES string of the molecule is CCc1ccc(-n2c(C)cc(C=Nc3cc(Cl)ccc3OC)c2C)cc1. The van der Waals surface area contributed by atoms with Gasteiger partial charge in [0.1, 0.15) is 11.4 Å². The Morgan fingerprint density at radius 3 is 2.46 bits per heavy atom. The maximum absolute atomic E-state index is 6.09. The third-order valence-corrected chi connectivity index (χ3v) is 4.79. The highest BCUT2D eigenvalue weighted by atomic mass is 35.5. The monoisotopic (exact) mass is 366 g/mol. The van der Waals surface area contributed by atoms with Gasteiger partial charge in [-0.05, 0) is 62.2 Å². The predicted octanol–water partition coefficient (Wildman–Crippen LogP) is 6.07. The van der Waals surface area contributed by atoms with E-state index in [4.69, 9.17) is 16.3 Å². The Balaban J connectivity index is 1.96. The highest BCUT2D eigenvalue weighted by Crippen LogP contribution is 2.30. The van der Waals surface area contributed by atoms with Gasteiger partial charge >= 0.3 is 0 Å². The summed E-state index contributed by atoms with van der Waals surface area (Å²) < 4.78 is 7.61. The Morgan fingerprint density at radius 2 is 1.81 bits per heavy atom. The van der Waals surface area contributed by atoms with Crippen LogP contribution in [0.2, 0.25) is 5.02 Å². The van der Waals surface area contributed by atoms with Crippen molar-refractivity contribution in [2.24, 2.45) is 4.99 Å². The summed E-state index contributed by atoms with van der Waals surface area (Å²) in [4.78, 5) is 4.60. The average Bonchev–Trinajstić information content (AvgIpc) is 2.93. The molecule has 0 aliphatic carbocycles. The largest absolute Gasteiger partial charge is 0.494 e. The second-order valence-corrected chi connectivity index (χ2v) is 6.69. The summed E-state index contributed by atoms with van der Waals surface area (Å²) >= 11 is 6.09. The van der Waals surface area contributed by atoms with E-state index in [1.807, 2.05) is 12.3 Å². The van der Waals surface area contributed by atoms with E-state index < -0.39 is 0 Å². The fraction of sp³-hybridized carbons (Fsp3) is 0.227. The quantitative estimate of drug-likeness (QED) is 0.503. The molecule has 0 spiro atoms. The van der Waals surface area contributed by atoms with Gasteiger partial charge in [0, 0.05) is 33.9 Å². The first-order valence-corrected chi connectivity index (χ1v) is 9.07. The molecule has 0 aliphatic rings. The van der Waals surface area contributed by atoms with Crippen molar-refractivity contribution in [2.45, 2.75) is 27.2 Å². The molecule has 0 fully saturated rings. The summed E-state index contributed by atoms with van der Waals surface area (Å²) in [6, 6.07) is 16.3. The van der Waals surface area contributed by atoms with Crippen molar-refractivity contribution < 1.29 is 4.74 Å². The zero-order chi connectivity index (χ0) is 18.7. The predicted molar refractivity (Wildman–Crippen MR) is 110 cm³/mol. The van der Waals surface area contributed by atoms with E-state index >= 15 is 0 Å². The number of aliphatic imine (C=N–C) groups is 1. The van der Waals surface area contributed by atoms with Crippen LogP contribution < -0.4 is 4.74 Å². The number of nitrogens with zero attached hydrogens (tertiary/aromatic N) is 2. The lowest BCUT2D eigenvalue weighted by Crippen LogP contribution is -1.99. The van der Waals surface area contributed by atoms with Crippen LogP contribution in [0.25, 0.3) is 5.69 Å². The maximum atomic E-state index is 6.09. The minimum absolute atomic E-state index is 0.638. The maximum Gasteiger partial charge on any atom is 0.144 e. The Morgan fingerprint density at radius 1 is 1.08 bits per heavy atom. The van der Waals surface area contributed by atoms with Crippen molar-refractivity contribution in [1.82, 2.24) is 4.57 Å². The number of rotatable bonds is 5. The fourth-order valence-electron chi connectivity index (χ4n) is 3.10. The van der Waals surface area contributed by atoms with Crippen LogP contribution in [0.3, 0.4) is 0 Å². The molecule has 1 heterocycles. The van der Waals surface area contributed by atoms with E-state index in [9.17, 15) is 0 Å². The number of halogens is 1. The Bertz CT molecular complexity index is 940. The third-order valence-electron chi connectivity index (χ3n) is 4.56. The summed E-state index contributed by atoms with van der Waals surface area (Å²) in [6.45, 7) is 6.38. The first-order chi connectivity index (χ1) is 12.5. The molecule has 0 N–H and O–H groups in total. The van der Waals surface area contributed by atoms with E-state index in [1.165, 1.54) is 11.3 Å². The van der Waals surface area contributed by atoms with Crippen LogP contribution in [-0.4, -0.2) is 17.9 Å². The average molecular weight is 367 g/mol. The zero-order valence-electron chi connectivity index (χ0n) is 15.6. The van der Waals surface area contributed by atoms with Gasteiger partial charge in [0.05, 0.1) is 7.11 Å². The van der Waals surface area contributed by atoms with Crippen LogP contribution in [0, 0.1) is 13.8 Å². The zero-order valence-corrected chi connectivity index (χ0v) is 16.3. The summed E-state index contributed by atoms with van der Waals surface area (Å²) in [6.07, 6.45) is 2.91. The molecule has 4 heteroatoms. The van der Waals surface area contributed by atoms with E-state index in [0.717, 1.165) is 29.1 Å². The molecule has 2 aromatic carbocycles. The van der Waals surface area contributed by atoms with E-state index in [0.29, 0.717) is 10.8 Å². The molecule has 1 aromatic heterocycles. The standard InChI is InChI=1S/C22H23ClN2O/c1-5-17-6-9-20(10-7-17)25-15(2)12-18(16(25)3)14-24-21-13-19(23)8-11-22(21)26-4/h6-14H,5H2,1-4H3. The van der Waals surface area contributed by atoms with Crippen molar-refractivity contribution in [2.75, 3.05) is 7.11 Å². The van der Waals surface area contributed by atoms with Gasteiger partial charge in [-0.2, -0.15) is 0 Å². The first-order valence-electron chi connectivity index (χ1n) is 8.69. The first kappa shape index (κ1) is 18.3. The van der Waals surface area contributed by atoms with E-state index in [-0.39, 0.29) is 0 Å². The van der Waals surface area contributed by atoms with Crippen LogP contribution in [0.4, 0.5) is 5.69 Å². The van der Waals surface area contributed by atoms with Gasteiger partial charge in [-0.1, -0.05) is 30.7 Å². The van der Waals surface area contributed by atoms with Crippen LogP contribution >= 0.6 is 11.6 Å². The lowest BCUT2D eigenvalue weighted by atomic mass is 10.1.